The van der Waals surface area contributed by atoms with Gasteiger partial charge in [0.15, 0.2) is 6.10 Å². The molecule has 3 aromatic rings. The number of anilines is 1. The average Bonchev–Trinajstić information content (AvgIpc) is 2.72. The Morgan fingerprint density at radius 3 is 2.50 bits per heavy atom. The van der Waals surface area contributed by atoms with Crippen LogP contribution < -0.4 is 15.4 Å². The van der Waals surface area contributed by atoms with E-state index in [1.807, 2.05) is 49.4 Å². The first-order chi connectivity index (χ1) is 13.6. The Balaban J connectivity index is 1.74. The Morgan fingerprint density at radius 2 is 1.68 bits per heavy atom. The van der Waals surface area contributed by atoms with E-state index in [1.165, 1.54) is 0 Å². The lowest BCUT2D eigenvalue weighted by Gasteiger charge is -2.17. The number of para-hydroxylation sites is 1. The normalized spacial score (nSPS) is 11.6. The van der Waals surface area contributed by atoms with Crippen molar-refractivity contribution in [2.24, 2.45) is 0 Å². The molecule has 144 valence electrons. The molecule has 0 aliphatic heterocycles. The van der Waals surface area contributed by atoms with Crippen molar-refractivity contribution in [1.82, 2.24) is 5.32 Å². The molecular weight excluding hydrogens is 352 g/mol. The number of carbonyl (C=O) groups excluding carboxylic acids is 2. The molecule has 2 amide bonds. The molecule has 0 saturated heterocycles. The van der Waals surface area contributed by atoms with Gasteiger partial charge >= 0.3 is 0 Å². The lowest BCUT2D eigenvalue weighted by molar-refractivity contribution is -0.122. The number of benzene rings is 3. The standard InChI is InChI=1S/C23H24N2O3/c1-3-15-24-23(27)19-12-6-7-13-20(19)25-22(26)16(2)28-21-14-8-10-17-9-4-5-11-18(17)21/h4-14,16H,3,15H2,1-2H3,(H,24,27)(H,25,26)/t16-/m1/s1. The molecule has 0 fully saturated rings. The highest BCUT2D eigenvalue weighted by atomic mass is 16.5. The van der Waals surface area contributed by atoms with Crippen LogP contribution in [0.4, 0.5) is 5.69 Å². The number of fused-ring (bicyclic) bond motifs is 1. The van der Waals surface area contributed by atoms with Gasteiger partial charge < -0.3 is 15.4 Å². The quantitative estimate of drug-likeness (QED) is 0.643. The van der Waals surface area contributed by atoms with Crippen LogP contribution in [0.15, 0.2) is 66.7 Å². The van der Waals surface area contributed by atoms with E-state index in [0.29, 0.717) is 23.5 Å². The molecule has 0 unspecified atom stereocenters. The van der Waals surface area contributed by atoms with Crippen LogP contribution in [0, 0.1) is 0 Å². The molecule has 0 bridgehead atoms. The van der Waals surface area contributed by atoms with E-state index in [0.717, 1.165) is 17.2 Å². The van der Waals surface area contributed by atoms with E-state index < -0.39 is 6.10 Å². The summed E-state index contributed by atoms with van der Waals surface area (Å²) in [5.41, 5.74) is 0.899. The summed E-state index contributed by atoms with van der Waals surface area (Å²) in [4.78, 5) is 25.0. The van der Waals surface area contributed by atoms with E-state index >= 15 is 0 Å². The summed E-state index contributed by atoms with van der Waals surface area (Å²) in [5.74, 6) is 0.124. The summed E-state index contributed by atoms with van der Waals surface area (Å²) < 4.78 is 5.91. The summed E-state index contributed by atoms with van der Waals surface area (Å²) in [6.07, 6.45) is 0.119. The van der Waals surface area contributed by atoms with Crippen molar-refractivity contribution in [1.29, 1.82) is 0 Å². The summed E-state index contributed by atoms with van der Waals surface area (Å²) in [6, 6.07) is 20.6. The van der Waals surface area contributed by atoms with Gasteiger partial charge in [0.2, 0.25) is 0 Å². The van der Waals surface area contributed by atoms with Gasteiger partial charge in [0, 0.05) is 11.9 Å². The van der Waals surface area contributed by atoms with E-state index in [4.69, 9.17) is 4.74 Å². The first-order valence-electron chi connectivity index (χ1n) is 9.42. The van der Waals surface area contributed by atoms with Crippen LogP contribution in [-0.4, -0.2) is 24.5 Å². The van der Waals surface area contributed by atoms with E-state index in [2.05, 4.69) is 10.6 Å². The Hall–Kier alpha value is -3.34. The van der Waals surface area contributed by atoms with Gasteiger partial charge in [-0.05, 0) is 36.9 Å². The molecule has 0 aliphatic rings. The van der Waals surface area contributed by atoms with Gasteiger partial charge in [0.05, 0.1) is 11.3 Å². The third-order valence-electron chi connectivity index (χ3n) is 4.39. The molecule has 1 atom stereocenters. The van der Waals surface area contributed by atoms with Gasteiger partial charge in [-0.3, -0.25) is 9.59 Å². The Kier molecular flexibility index (Phi) is 6.27. The first-order valence-corrected chi connectivity index (χ1v) is 9.42. The predicted molar refractivity (Wildman–Crippen MR) is 112 cm³/mol. The molecule has 0 aliphatic carbocycles. The summed E-state index contributed by atoms with van der Waals surface area (Å²) in [6.45, 7) is 4.26. The van der Waals surface area contributed by atoms with Crippen LogP contribution >= 0.6 is 0 Å². The van der Waals surface area contributed by atoms with Crippen molar-refractivity contribution in [3.05, 3.63) is 72.3 Å². The van der Waals surface area contributed by atoms with Gasteiger partial charge in [-0.2, -0.15) is 0 Å². The molecule has 0 radical (unpaired) electrons. The van der Waals surface area contributed by atoms with Crippen molar-refractivity contribution >= 4 is 28.3 Å². The van der Waals surface area contributed by atoms with E-state index in [-0.39, 0.29) is 11.8 Å². The van der Waals surface area contributed by atoms with Gasteiger partial charge in [-0.15, -0.1) is 0 Å². The van der Waals surface area contributed by atoms with Crippen LogP contribution in [0.1, 0.15) is 30.6 Å². The molecule has 5 nitrogen and oxygen atoms in total. The van der Waals surface area contributed by atoms with Gasteiger partial charge in [0.1, 0.15) is 5.75 Å². The lowest BCUT2D eigenvalue weighted by Crippen LogP contribution is -2.32. The second kappa shape index (κ2) is 9.04. The fraction of sp³-hybridized carbons (Fsp3) is 0.217. The summed E-state index contributed by atoms with van der Waals surface area (Å²) >= 11 is 0. The van der Waals surface area contributed by atoms with Crippen LogP contribution in [0.25, 0.3) is 10.8 Å². The van der Waals surface area contributed by atoms with Crippen molar-refractivity contribution in [3.8, 4) is 5.75 Å². The van der Waals surface area contributed by atoms with Crippen LogP contribution in [0.3, 0.4) is 0 Å². The van der Waals surface area contributed by atoms with Crippen LogP contribution in [0.5, 0.6) is 5.75 Å². The summed E-state index contributed by atoms with van der Waals surface area (Å²) in [7, 11) is 0. The fourth-order valence-electron chi connectivity index (χ4n) is 2.90. The average molecular weight is 376 g/mol. The van der Waals surface area contributed by atoms with Crippen LogP contribution in [-0.2, 0) is 4.79 Å². The summed E-state index contributed by atoms with van der Waals surface area (Å²) in [5, 5.41) is 7.64. The maximum atomic E-state index is 12.7. The van der Waals surface area contributed by atoms with Crippen molar-refractivity contribution in [2.75, 3.05) is 11.9 Å². The number of carbonyl (C=O) groups is 2. The van der Waals surface area contributed by atoms with Crippen molar-refractivity contribution in [3.63, 3.8) is 0 Å². The molecule has 0 heterocycles. The Bertz CT molecular complexity index is 979. The van der Waals surface area contributed by atoms with Crippen molar-refractivity contribution < 1.29 is 14.3 Å². The number of ether oxygens (including phenoxy) is 1. The zero-order valence-corrected chi connectivity index (χ0v) is 16.1. The topological polar surface area (TPSA) is 67.4 Å². The first kappa shape index (κ1) is 19.4. The largest absolute Gasteiger partial charge is 0.480 e. The fourth-order valence-corrected chi connectivity index (χ4v) is 2.90. The number of nitrogens with one attached hydrogen (secondary N) is 2. The zero-order chi connectivity index (χ0) is 19.9. The molecule has 2 N–H and O–H groups in total. The third-order valence-corrected chi connectivity index (χ3v) is 4.39. The molecule has 28 heavy (non-hydrogen) atoms. The lowest BCUT2D eigenvalue weighted by atomic mass is 10.1. The third kappa shape index (κ3) is 4.49. The molecular formula is C23H24N2O3. The minimum Gasteiger partial charge on any atom is -0.480 e. The van der Waals surface area contributed by atoms with E-state index in [1.54, 1.807) is 31.2 Å². The molecule has 0 aromatic heterocycles. The molecule has 3 aromatic carbocycles. The predicted octanol–water partition coefficient (Wildman–Crippen LogP) is 4.39. The maximum absolute atomic E-state index is 12.7. The molecule has 0 spiro atoms. The number of amides is 2. The minimum absolute atomic E-state index is 0.208. The monoisotopic (exact) mass is 376 g/mol. The molecule has 5 heteroatoms. The zero-order valence-electron chi connectivity index (χ0n) is 16.1. The van der Waals surface area contributed by atoms with Gasteiger partial charge in [-0.25, -0.2) is 0 Å². The highest BCUT2D eigenvalue weighted by molar-refractivity contribution is 6.04. The Morgan fingerprint density at radius 1 is 0.964 bits per heavy atom. The second-order valence-electron chi connectivity index (χ2n) is 6.53. The smallest absolute Gasteiger partial charge is 0.265 e. The number of hydrogen-bond acceptors (Lipinski definition) is 3. The second-order valence-corrected chi connectivity index (χ2v) is 6.53. The maximum Gasteiger partial charge on any atom is 0.265 e. The highest BCUT2D eigenvalue weighted by Crippen LogP contribution is 2.26. The van der Waals surface area contributed by atoms with E-state index in [9.17, 15) is 9.59 Å². The molecule has 0 saturated carbocycles. The molecule has 3 rings (SSSR count). The highest BCUT2D eigenvalue weighted by Gasteiger charge is 2.19. The van der Waals surface area contributed by atoms with Gasteiger partial charge in [0.25, 0.3) is 11.8 Å². The number of hydrogen-bond donors (Lipinski definition) is 2. The van der Waals surface area contributed by atoms with Crippen molar-refractivity contribution in [2.45, 2.75) is 26.4 Å². The van der Waals surface area contributed by atoms with Gasteiger partial charge in [-0.1, -0.05) is 55.5 Å². The number of rotatable bonds is 7. The SMILES string of the molecule is CCCNC(=O)c1ccccc1NC(=O)[C@@H](C)Oc1cccc2ccccc12. The van der Waals surface area contributed by atoms with Crippen LogP contribution in [0.2, 0.25) is 0 Å². The Labute approximate surface area is 164 Å². The minimum atomic E-state index is -0.724.